The van der Waals surface area contributed by atoms with Crippen LogP contribution in [0.4, 0.5) is 0 Å². The summed E-state index contributed by atoms with van der Waals surface area (Å²) in [5.74, 6) is 1.66. The Morgan fingerprint density at radius 2 is 2.06 bits per heavy atom. The maximum atomic E-state index is 5.20. The fraction of sp³-hybridized carbons (Fsp3) is 0.652. The molecule has 0 saturated carbocycles. The summed E-state index contributed by atoms with van der Waals surface area (Å²) in [4.78, 5) is 8.51. The highest BCUT2D eigenvalue weighted by atomic mass is 127. The van der Waals surface area contributed by atoms with Crippen LogP contribution < -0.4 is 10.6 Å². The molecule has 1 fully saturated rings. The third kappa shape index (κ3) is 7.16. The van der Waals surface area contributed by atoms with E-state index in [4.69, 9.17) is 4.74 Å². The van der Waals surface area contributed by atoms with Gasteiger partial charge in [-0.15, -0.1) is 35.3 Å². The standard InChI is InChI=1S/C23H38N6OS.HI/c1-17-8-10-28(11-9-17)21(22-7-6-14-31-22)16-26-23(24-4)25-15-20-18(2)27-29(19(20)3)12-13-30-5;/h6-7,14,17,21H,8-13,15-16H2,1-5H3,(H2,24,25,26);1H. The second kappa shape index (κ2) is 13.5. The molecule has 1 unspecified atom stereocenters. The minimum absolute atomic E-state index is 0. The van der Waals surface area contributed by atoms with Gasteiger partial charge in [0.15, 0.2) is 5.96 Å². The first-order valence-corrected chi connectivity index (χ1v) is 12.1. The number of halogens is 1. The molecule has 0 bridgehead atoms. The van der Waals surface area contributed by atoms with Crippen LogP contribution in [0, 0.1) is 19.8 Å². The number of methoxy groups -OCH3 is 1. The maximum Gasteiger partial charge on any atom is 0.191 e. The maximum absolute atomic E-state index is 5.20. The number of hydrogen-bond donors (Lipinski definition) is 2. The third-order valence-corrected chi connectivity index (χ3v) is 7.26. The number of piperidine rings is 1. The fourth-order valence-corrected chi connectivity index (χ4v) is 5.06. The molecule has 2 N–H and O–H groups in total. The Labute approximate surface area is 214 Å². The number of thiophene rings is 1. The van der Waals surface area contributed by atoms with Crippen molar-refractivity contribution in [2.75, 3.05) is 40.4 Å². The van der Waals surface area contributed by atoms with Gasteiger partial charge in [-0.05, 0) is 57.1 Å². The zero-order valence-electron chi connectivity index (χ0n) is 20.1. The number of rotatable bonds is 9. The predicted molar refractivity (Wildman–Crippen MR) is 144 cm³/mol. The Morgan fingerprint density at radius 3 is 2.69 bits per heavy atom. The lowest BCUT2D eigenvalue weighted by molar-refractivity contribution is 0.140. The zero-order valence-corrected chi connectivity index (χ0v) is 23.2. The molecule has 9 heteroatoms. The van der Waals surface area contributed by atoms with Crippen LogP contribution in [-0.2, 0) is 17.8 Å². The van der Waals surface area contributed by atoms with Crippen LogP contribution in [0.15, 0.2) is 22.5 Å². The molecule has 0 radical (unpaired) electrons. The number of nitrogens with one attached hydrogen (secondary N) is 2. The molecule has 7 nitrogen and oxygen atoms in total. The van der Waals surface area contributed by atoms with Crippen LogP contribution in [0.1, 0.15) is 47.6 Å². The van der Waals surface area contributed by atoms with Crippen LogP contribution >= 0.6 is 35.3 Å². The lowest BCUT2D eigenvalue weighted by Crippen LogP contribution is -2.44. The molecule has 3 rings (SSSR count). The number of guanidine groups is 1. The highest BCUT2D eigenvalue weighted by Crippen LogP contribution is 2.29. The molecular weight excluding hydrogens is 535 g/mol. The molecule has 0 amide bonds. The van der Waals surface area contributed by atoms with Gasteiger partial charge in [0.25, 0.3) is 0 Å². The Kier molecular flexibility index (Phi) is 11.4. The van der Waals surface area contributed by atoms with Crippen molar-refractivity contribution in [1.29, 1.82) is 0 Å². The third-order valence-electron chi connectivity index (χ3n) is 6.29. The minimum atomic E-state index is 0. The van der Waals surface area contributed by atoms with Gasteiger partial charge < -0.3 is 15.4 Å². The summed E-state index contributed by atoms with van der Waals surface area (Å²) in [7, 11) is 3.55. The highest BCUT2D eigenvalue weighted by molar-refractivity contribution is 14.0. The number of aryl methyl sites for hydroxylation is 1. The smallest absolute Gasteiger partial charge is 0.191 e. The average Bonchev–Trinajstić information content (AvgIpc) is 3.39. The molecule has 2 aromatic rings. The van der Waals surface area contributed by atoms with Gasteiger partial charge in [0.1, 0.15) is 0 Å². The first kappa shape index (κ1) is 27.1. The molecule has 180 valence electrons. The zero-order chi connectivity index (χ0) is 22.2. The number of nitrogens with zero attached hydrogens (tertiary/aromatic N) is 4. The van der Waals surface area contributed by atoms with Crippen LogP contribution in [0.3, 0.4) is 0 Å². The number of aromatic nitrogens is 2. The summed E-state index contributed by atoms with van der Waals surface area (Å²) in [6.45, 7) is 11.9. The van der Waals surface area contributed by atoms with Crippen LogP contribution in [-0.4, -0.2) is 61.0 Å². The van der Waals surface area contributed by atoms with Crippen molar-refractivity contribution in [1.82, 2.24) is 25.3 Å². The second-order valence-corrected chi connectivity index (χ2v) is 9.40. The van der Waals surface area contributed by atoms with Gasteiger partial charge in [-0.2, -0.15) is 5.10 Å². The van der Waals surface area contributed by atoms with Gasteiger partial charge in [0.05, 0.1) is 24.9 Å². The quantitative estimate of drug-likeness (QED) is 0.270. The summed E-state index contributed by atoms with van der Waals surface area (Å²) in [6, 6.07) is 4.79. The highest BCUT2D eigenvalue weighted by Gasteiger charge is 2.25. The molecule has 1 aliphatic heterocycles. The van der Waals surface area contributed by atoms with Gasteiger partial charge >= 0.3 is 0 Å². The molecule has 2 aromatic heterocycles. The summed E-state index contributed by atoms with van der Waals surface area (Å²) < 4.78 is 7.22. The largest absolute Gasteiger partial charge is 0.383 e. The lowest BCUT2D eigenvalue weighted by Gasteiger charge is -2.36. The summed E-state index contributed by atoms with van der Waals surface area (Å²) >= 11 is 1.84. The molecular formula is C23H39IN6OS. The molecule has 0 aromatic carbocycles. The van der Waals surface area contributed by atoms with E-state index in [1.807, 2.05) is 23.1 Å². The number of ether oxygens (including phenoxy) is 1. The molecule has 1 aliphatic rings. The average molecular weight is 575 g/mol. The van der Waals surface area contributed by atoms with E-state index < -0.39 is 0 Å². The van der Waals surface area contributed by atoms with Gasteiger partial charge in [0.2, 0.25) is 0 Å². The van der Waals surface area contributed by atoms with Gasteiger partial charge in [0, 0.05) is 43.4 Å². The van der Waals surface area contributed by atoms with Crippen molar-refractivity contribution >= 4 is 41.3 Å². The van der Waals surface area contributed by atoms with E-state index in [9.17, 15) is 0 Å². The topological polar surface area (TPSA) is 66.7 Å². The molecule has 3 heterocycles. The van der Waals surface area contributed by atoms with Crippen molar-refractivity contribution in [2.45, 2.75) is 52.7 Å². The van der Waals surface area contributed by atoms with Crippen molar-refractivity contribution < 1.29 is 4.74 Å². The van der Waals surface area contributed by atoms with E-state index in [0.717, 1.165) is 43.8 Å². The number of hydrogen-bond acceptors (Lipinski definition) is 5. The Morgan fingerprint density at radius 1 is 1.31 bits per heavy atom. The van der Waals surface area contributed by atoms with Crippen molar-refractivity contribution in [3.05, 3.63) is 39.3 Å². The first-order chi connectivity index (χ1) is 15.0. The van der Waals surface area contributed by atoms with Crippen molar-refractivity contribution in [3.63, 3.8) is 0 Å². The van der Waals surface area contributed by atoms with Gasteiger partial charge in [-0.3, -0.25) is 14.6 Å². The SMILES string of the molecule is CN=C(NCc1c(C)nn(CCOC)c1C)NCC(c1cccs1)N1CCC(C)CC1.I. The second-order valence-electron chi connectivity index (χ2n) is 8.42. The van der Waals surface area contributed by atoms with Crippen molar-refractivity contribution in [3.8, 4) is 0 Å². The summed E-state index contributed by atoms with van der Waals surface area (Å²) in [5, 5.41) is 13.9. The van der Waals surface area contributed by atoms with E-state index in [0.29, 0.717) is 19.2 Å². The number of aliphatic imine (C=N–C) groups is 1. The predicted octanol–water partition coefficient (Wildman–Crippen LogP) is 3.96. The van der Waals surface area contributed by atoms with Crippen LogP contribution in [0.2, 0.25) is 0 Å². The van der Waals surface area contributed by atoms with E-state index in [1.54, 1.807) is 7.11 Å². The minimum Gasteiger partial charge on any atom is -0.383 e. The van der Waals surface area contributed by atoms with Crippen molar-refractivity contribution in [2.24, 2.45) is 10.9 Å². The summed E-state index contributed by atoms with van der Waals surface area (Å²) in [6.07, 6.45) is 2.56. The Bertz CT molecular complexity index is 830. The summed E-state index contributed by atoms with van der Waals surface area (Å²) in [5.41, 5.74) is 3.45. The van der Waals surface area contributed by atoms with Crippen LogP contribution in [0.5, 0.6) is 0 Å². The molecule has 1 saturated heterocycles. The molecule has 1 atom stereocenters. The van der Waals surface area contributed by atoms with Gasteiger partial charge in [-0.1, -0.05) is 13.0 Å². The molecule has 32 heavy (non-hydrogen) atoms. The van der Waals surface area contributed by atoms with E-state index in [2.05, 4.69) is 63.9 Å². The number of likely N-dealkylation sites (tertiary alicyclic amines) is 1. The Balaban J connectivity index is 0.00000363. The van der Waals surface area contributed by atoms with E-state index >= 15 is 0 Å². The van der Waals surface area contributed by atoms with Gasteiger partial charge in [-0.25, -0.2) is 0 Å². The van der Waals surface area contributed by atoms with E-state index in [-0.39, 0.29) is 24.0 Å². The molecule has 0 spiro atoms. The fourth-order valence-electron chi connectivity index (χ4n) is 4.20. The first-order valence-electron chi connectivity index (χ1n) is 11.3. The Hall–Kier alpha value is -1.17. The van der Waals surface area contributed by atoms with E-state index in [1.165, 1.54) is 29.0 Å². The molecule has 0 aliphatic carbocycles. The van der Waals surface area contributed by atoms with Crippen LogP contribution in [0.25, 0.3) is 0 Å². The monoisotopic (exact) mass is 574 g/mol. The lowest BCUT2D eigenvalue weighted by atomic mass is 9.97. The normalized spacial score (nSPS) is 16.6.